The van der Waals surface area contributed by atoms with E-state index in [1.165, 1.54) is 13.8 Å². The van der Waals surface area contributed by atoms with Gasteiger partial charge in [-0.3, -0.25) is 0 Å². The van der Waals surface area contributed by atoms with Gasteiger partial charge in [0.2, 0.25) is 0 Å². The molecule has 0 bridgehead atoms. The van der Waals surface area contributed by atoms with Crippen molar-refractivity contribution in [3.8, 4) is 0 Å². The number of hydrogen-bond acceptors (Lipinski definition) is 6. The van der Waals surface area contributed by atoms with Crippen LogP contribution in [0.15, 0.2) is 23.7 Å². The van der Waals surface area contributed by atoms with Gasteiger partial charge in [0.25, 0.3) is 0 Å². The molecule has 0 atom stereocenters. The van der Waals surface area contributed by atoms with Crippen molar-refractivity contribution < 1.29 is 49.5 Å². The molecule has 0 heterocycles. The van der Waals surface area contributed by atoms with Crippen molar-refractivity contribution in [1.29, 1.82) is 0 Å². The van der Waals surface area contributed by atoms with Crippen LogP contribution < -0.4 is 10.2 Å². The summed E-state index contributed by atoms with van der Waals surface area (Å²) in [4.78, 5) is 19.2. The summed E-state index contributed by atoms with van der Waals surface area (Å²) in [6.07, 6.45) is 0.991. The first-order valence-electron chi connectivity index (χ1n) is 3.41. The third-order valence-corrected chi connectivity index (χ3v) is 1.03. The van der Waals surface area contributed by atoms with Crippen molar-refractivity contribution in [3.63, 3.8) is 0 Å². The van der Waals surface area contributed by atoms with Crippen LogP contribution in [0, 0.1) is 0 Å². The Morgan fingerprint density at radius 1 is 0.933 bits per heavy atom. The van der Waals surface area contributed by atoms with E-state index in [0.717, 1.165) is 0 Å². The SMILES string of the molecule is CC(=CO)C(=O)[O-].CC(=CO)C(=O)[O-].[Zn+2]. The van der Waals surface area contributed by atoms with E-state index in [-0.39, 0.29) is 30.6 Å². The third kappa shape index (κ3) is 12.6. The number of hydrogen-bond donors (Lipinski definition) is 2. The molecule has 15 heavy (non-hydrogen) atoms. The molecule has 0 unspecified atom stereocenters. The van der Waals surface area contributed by atoms with E-state index in [1.54, 1.807) is 0 Å². The molecule has 0 aliphatic rings. The van der Waals surface area contributed by atoms with Gasteiger partial charge < -0.3 is 30.0 Å². The molecule has 0 spiro atoms. The first-order valence-corrected chi connectivity index (χ1v) is 3.41. The number of carboxylic acid groups (broad SMARTS) is 2. The normalized spacial score (nSPS) is 10.5. The number of carbonyl (C=O) groups is 2. The van der Waals surface area contributed by atoms with Gasteiger partial charge in [-0.1, -0.05) is 0 Å². The van der Waals surface area contributed by atoms with Crippen molar-refractivity contribution in [3.05, 3.63) is 23.7 Å². The van der Waals surface area contributed by atoms with Gasteiger partial charge >= 0.3 is 19.5 Å². The van der Waals surface area contributed by atoms with E-state index in [1.807, 2.05) is 0 Å². The minimum absolute atomic E-state index is 0. The van der Waals surface area contributed by atoms with Crippen molar-refractivity contribution in [2.45, 2.75) is 13.8 Å². The van der Waals surface area contributed by atoms with Gasteiger partial charge in [-0.2, -0.15) is 0 Å². The summed E-state index contributed by atoms with van der Waals surface area (Å²) in [5.41, 5.74) is -0.333. The summed E-state index contributed by atoms with van der Waals surface area (Å²) < 4.78 is 0. The van der Waals surface area contributed by atoms with E-state index in [4.69, 9.17) is 10.2 Å². The molecule has 0 aromatic rings. The smallest absolute Gasteiger partial charge is 0.545 e. The van der Waals surface area contributed by atoms with Gasteiger partial charge in [0.15, 0.2) is 0 Å². The molecule has 7 heteroatoms. The number of aliphatic hydroxyl groups excluding tert-OH is 2. The molecule has 2 N–H and O–H groups in total. The Morgan fingerprint density at radius 2 is 1.13 bits per heavy atom. The zero-order valence-corrected chi connectivity index (χ0v) is 11.4. The van der Waals surface area contributed by atoms with Gasteiger partial charge in [0, 0.05) is 11.1 Å². The average Bonchev–Trinajstić information content (AvgIpc) is 2.15. The second kappa shape index (κ2) is 10.7. The summed E-state index contributed by atoms with van der Waals surface area (Å²) in [5.74, 6) is -2.69. The fourth-order valence-corrected chi connectivity index (χ4v) is 0.105. The third-order valence-electron chi connectivity index (χ3n) is 1.03. The van der Waals surface area contributed by atoms with Crippen LogP contribution in [0.25, 0.3) is 0 Å². The Labute approximate surface area is 99.3 Å². The molecule has 0 aromatic carbocycles. The maximum absolute atomic E-state index is 9.59. The molecule has 0 amide bonds. The fourth-order valence-electron chi connectivity index (χ4n) is 0.105. The summed E-state index contributed by atoms with van der Waals surface area (Å²) in [7, 11) is 0. The topological polar surface area (TPSA) is 121 Å². The average molecular weight is 268 g/mol. The van der Waals surface area contributed by atoms with Crippen LogP contribution >= 0.6 is 0 Å². The predicted molar refractivity (Wildman–Crippen MR) is 42.8 cm³/mol. The molecular formula is C8H10O6Zn. The molecule has 0 saturated carbocycles. The van der Waals surface area contributed by atoms with E-state index in [2.05, 4.69) is 0 Å². The van der Waals surface area contributed by atoms with Crippen LogP contribution in [0.1, 0.15) is 13.8 Å². The van der Waals surface area contributed by atoms with Crippen LogP contribution in [0.5, 0.6) is 0 Å². The first-order chi connectivity index (χ1) is 6.36. The standard InChI is InChI=1S/2C4H6O3.Zn/c2*1-3(2-5)4(6)7;/h2*2,5H,1H3,(H,6,7);/q;;+2/p-2. The minimum atomic E-state index is -1.34. The Bertz CT molecular complexity index is 240. The number of carboxylic acids is 2. The molecule has 0 aromatic heterocycles. The predicted octanol–water partition coefficient (Wildman–Crippen LogP) is -1.61. The Balaban J connectivity index is -0.000000180. The molecule has 0 aliphatic heterocycles. The van der Waals surface area contributed by atoms with Crippen molar-refractivity contribution in [1.82, 2.24) is 0 Å². The van der Waals surface area contributed by atoms with Crippen LogP contribution in [-0.4, -0.2) is 22.2 Å². The van der Waals surface area contributed by atoms with Crippen molar-refractivity contribution >= 4 is 11.9 Å². The number of aliphatic carboxylic acids is 2. The quantitative estimate of drug-likeness (QED) is 0.353. The summed E-state index contributed by atoms with van der Waals surface area (Å²) in [6.45, 7) is 2.49. The number of carbonyl (C=O) groups excluding carboxylic acids is 2. The minimum Gasteiger partial charge on any atom is -0.545 e. The molecule has 0 rings (SSSR count). The van der Waals surface area contributed by atoms with Gasteiger partial charge in [-0.05, 0) is 13.8 Å². The Morgan fingerprint density at radius 3 is 1.13 bits per heavy atom. The van der Waals surface area contributed by atoms with Gasteiger partial charge in [0.05, 0.1) is 24.5 Å². The van der Waals surface area contributed by atoms with E-state index < -0.39 is 11.9 Å². The second-order valence-corrected chi connectivity index (χ2v) is 2.20. The maximum atomic E-state index is 9.59. The second-order valence-electron chi connectivity index (χ2n) is 2.20. The van der Waals surface area contributed by atoms with E-state index in [9.17, 15) is 19.8 Å². The van der Waals surface area contributed by atoms with Crippen LogP contribution in [0.2, 0.25) is 0 Å². The van der Waals surface area contributed by atoms with Crippen molar-refractivity contribution in [2.75, 3.05) is 0 Å². The maximum Gasteiger partial charge on any atom is 2.00 e. The molecule has 0 radical (unpaired) electrons. The zero-order chi connectivity index (χ0) is 11.7. The molecule has 0 fully saturated rings. The Kier molecular flexibility index (Phi) is 13.8. The molecule has 6 nitrogen and oxygen atoms in total. The molecule has 0 saturated heterocycles. The fraction of sp³-hybridized carbons (Fsp3) is 0.250. The van der Waals surface area contributed by atoms with Gasteiger partial charge in [0.1, 0.15) is 0 Å². The van der Waals surface area contributed by atoms with E-state index in [0.29, 0.717) is 12.5 Å². The van der Waals surface area contributed by atoms with Gasteiger partial charge in [-0.25, -0.2) is 0 Å². The van der Waals surface area contributed by atoms with E-state index >= 15 is 0 Å². The summed E-state index contributed by atoms with van der Waals surface area (Å²) in [6, 6.07) is 0. The molecule has 80 valence electrons. The van der Waals surface area contributed by atoms with Crippen LogP contribution in [0.3, 0.4) is 0 Å². The first kappa shape index (κ1) is 19.3. The van der Waals surface area contributed by atoms with Crippen LogP contribution in [0.4, 0.5) is 0 Å². The summed E-state index contributed by atoms with van der Waals surface area (Å²) in [5, 5.41) is 35.0. The zero-order valence-electron chi connectivity index (χ0n) is 8.39. The molecular weight excluding hydrogens is 257 g/mol. The van der Waals surface area contributed by atoms with Crippen LogP contribution in [-0.2, 0) is 29.1 Å². The molecule has 0 aliphatic carbocycles. The monoisotopic (exact) mass is 266 g/mol. The number of aliphatic hydroxyl groups is 2. The van der Waals surface area contributed by atoms with Gasteiger partial charge in [-0.15, -0.1) is 0 Å². The largest absolute Gasteiger partial charge is 2.00 e. The Hall–Kier alpha value is -1.36. The van der Waals surface area contributed by atoms with Crippen molar-refractivity contribution in [2.24, 2.45) is 0 Å². The number of rotatable bonds is 2. The summed E-state index contributed by atoms with van der Waals surface area (Å²) >= 11 is 0.